The van der Waals surface area contributed by atoms with E-state index in [0.717, 1.165) is 24.7 Å². The maximum atomic E-state index is 9.33. The zero-order chi connectivity index (χ0) is 11.5. The maximum Gasteiger partial charge on any atom is 0.261 e. The highest BCUT2D eigenvalue weighted by Gasteiger charge is 2.32. The summed E-state index contributed by atoms with van der Waals surface area (Å²) in [6.07, 6.45) is 9.77. The van der Waals surface area contributed by atoms with Crippen molar-refractivity contribution < 1.29 is 18.1 Å². The van der Waals surface area contributed by atoms with Gasteiger partial charge in [-0.25, -0.2) is 0 Å². The second-order valence-corrected chi connectivity index (χ2v) is 5.79. The summed E-state index contributed by atoms with van der Waals surface area (Å²) in [6, 6.07) is 0. The quantitative estimate of drug-likeness (QED) is 0.488. The second-order valence-electron chi connectivity index (χ2n) is 4.32. The molecule has 88 valence electrons. The van der Waals surface area contributed by atoms with E-state index in [0.29, 0.717) is 6.26 Å². The van der Waals surface area contributed by atoms with Crippen LogP contribution in [0.25, 0.3) is 0 Å². The van der Waals surface area contributed by atoms with Crippen LogP contribution in [0.2, 0.25) is 0 Å². The van der Waals surface area contributed by atoms with Crippen LogP contribution in [-0.2, 0) is 10.1 Å². The van der Waals surface area contributed by atoms with Gasteiger partial charge in [-0.2, -0.15) is 8.42 Å². The van der Waals surface area contributed by atoms with Crippen molar-refractivity contribution >= 4 is 10.1 Å². The fraction of sp³-hybridized carbons (Fsp3) is 0.800. The molecule has 0 aliphatic heterocycles. The number of aliphatic hydroxyl groups excluding tert-OH is 1. The molecule has 0 bridgehead atoms. The summed E-state index contributed by atoms with van der Waals surface area (Å²) in [5, 5.41) is 9.33. The first-order valence-electron chi connectivity index (χ1n) is 5.12. The molecule has 1 fully saturated rings. The molecular weight excluding hydrogens is 216 g/mol. The van der Waals surface area contributed by atoms with Crippen molar-refractivity contribution in [1.82, 2.24) is 0 Å². The van der Waals surface area contributed by atoms with Crippen LogP contribution in [0, 0.1) is 11.8 Å². The lowest BCUT2D eigenvalue weighted by Crippen LogP contribution is -2.08. The number of aliphatic hydroxyl groups is 1. The Kier molecular flexibility index (Phi) is 4.31. The van der Waals surface area contributed by atoms with Crippen LogP contribution in [0.1, 0.15) is 25.7 Å². The molecule has 0 aromatic carbocycles. The van der Waals surface area contributed by atoms with Crippen LogP contribution >= 0.6 is 0 Å². The van der Waals surface area contributed by atoms with Crippen molar-refractivity contribution in [3.05, 3.63) is 12.2 Å². The molecule has 2 atom stereocenters. The SMILES string of the molecule is CS(=O)(=O)O.OC1CC2CC=CCC2C1. The predicted octanol–water partition coefficient (Wildman–Crippen LogP) is 1.23. The molecule has 2 N–H and O–H groups in total. The van der Waals surface area contributed by atoms with Crippen LogP contribution < -0.4 is 0 Å². The summed E-state index contributed by atoms with van der Waals surface area (Å²) in [5.41, 5.74) is 0. The van der Waals surface area contributed by atoms with Crippen LogP contribution in [0.4, 0.5) is 0 Å². The van der Waals surface area contributed by atoms with E-state index < -0.39 is 10.1 Å². The Labute approximate surface area is 90.8 Å². The van der Waals surface area contributed by atoms with Gasteiger partial charge in [0.2, 0.25) is 0 Å². The fourth-order valence-electron chi connectivity index (χ4n) is 2.30. The summed E-state index contributed by atoms with van der Waals surface area (Å²) >= 11 is 0. The van der Waals surface area contributed by atoms with E-state index in [2.05, 4.69) is 12.2 Å². The Hall–Kier alpha value is -0.390. The molecule has 0 radical (unpaired) electrons. The first kappa shape index (κ1) is 12.7. The van der Waals surface area contributed by atoms with Gasteiger partial charge in [-0.3, -0.25) is 4.55 Å². The van der Waals surface area contributed by atoms with Crippen LogP contribution in [0.5, 0.6) is 0 Å². The number of allylic oxidation sites excluding steroid dienone is 2. The molecule has 15 heavy (non-hydrogen) atoms. The van der Waals surface area contributed by atoms with Gasteiger partial charge in [0.25, 0.3) is 10.1 Å². The Bertz CT molecular complexity index is 296. The summed E-state index contributed by atoms with van der Waals surface area (Å²) in [6.45, 7) is 0. The molecular formula is C10H18O4S. The molecule has 0 aromatic heterocycles. The van der Waals surface area contributed by atoms with E-state index in [4.69, 9.17) is 4.55 Å². The molecule has 4 nitrogen and oxygen atoms in total. The number of hydrogen-bond acceptors (Lipinski definition) is 3. The lowest BCUT2D eigenvalue weighted by Gasteiger charge is -2.19. The molecule has 0 heterocycles. The van der Waals surface area contributed by atoms with Gasteiger partial charge >= 0.3 is 0 Å². The standard InChI is InChI=1S/C9H14O.CH4O3S/c10-9-5-7-3-1-2-4-8(7)6-9;1-5(2,3)4/h1-2,7-10H,3-6H2;1H3,(H,2,3,4). The van der Waals surface area contributed by atoms with Crippen molar-refractivity contribution in [1.29, 1.82) is 0 Å². The summed E-state index contributed by atoms with van der Waals surface area (Å²) in [7, 11) is -3.67. The number of hydrogen-bond donors (Lipinski definition) is 2. The smallest absolute Gasteiger partial charge is 0.261 e. The Morgan fingerprint density at radius 1 is 1.13 bits per heavy atom. The minimum absolute atomic E-state index is 0.00917. The molecule has 2 unspecified atom stereocenters. The van der Waals surface area contributed by atoms with Crippen molar-refractivity contribution in [3.63, 3.8) is 0 Å². The lowest BCUT2D eigenvalue weighted by atomic mass is 9.86. The minimum atomic E-state index is -3.67. The van der Waals surface area contributed by atoms with Crippen LogP contribution in [0.3, 0.4) is 0 Å². The van der Waals surface area contributed by atoms with E-state index >= 15 is 0 Å². The average Bonchev–Trinajstić information content (AvgIpc) is 2.40. The van der Waals surface area contributed by atoms with E-state index in [1.54, 1.807) is 0 Å². The second kappa shape index (κ2) is 5.09. The molecule has 2 rings (SSSR count). The van der Waals surface area contributed by atoms with Gasteiger partial charge in [0.15, 0.2) is 0 Å². The van der Waals surface area contributed by atoms with Gasteiger partial charge in [0.05, 0.1) is 12.4 Å². The molecule has 0 amide bonds. The summed E-state index contributed by atoms with van der Waals surface area (Å²) in [4.78, 5) is 0. The monoisotopic (exact) mass is 234 g/mol. The zero-order valence-corrected chi connectivity index (χ0v) is 9.65. The predicted molar refractivity (Wildman–Crippen MR) is 58.1 cm³/mol. The number of rotatable bonds is 0. The largest absolute Gasteiger partial charge is 0.393 e. The molecule has 0 spiro atoms. The first-order chi connectivity index (χ1) is 6.86. The summed E-state index contributed by atoms with van der Waals surface area (Å²) in [5.74, 6) is 1.61. The Morgan fingerprint density at radius 2 is 1.47 bits per heavy atom. The van der Waals surface area contributed by atoms with E-state index in [1.165, 1.54) is 12.8 Å². The highest BCUT2D eigenvalue weighted by Crippen LogP contribution is 2.39. The van der Waals surface area contributed by atoms with Gasteiger partial charge < -0.3 is 5.11 Å². The lowest BCUT2D eigenvalue weighted by molar-refractivity contribution is 0.175. The van der Waals surface area contributed by atoms with E-state index in [1.807, 2.05) is 0 Å². The molecule has 1 saturated carbocycles. The first-order valence-corrected chi connectivity index (χ1v) is 6.96. The van der Waals surface area contributed by atoms with Crippen LogP contribution in [0.15, 0.2) is 12.2 Å². The third-order valence-corrected chi connectivity index (χ3v) is 2.86. The highest BCUT2D eigenvalue weighted by atomic mass is 32.2. The molecule has 0 aromatic rings. The topological polar surface area (TPSA) is 74.6 Å². The van der Waals surface area contributed by atoms with E-state index in [-0.39, 0.29) is 6.10 Å². The molecule has 5 heteroatoms. The Balaban J connectivity index is 0.000000195. The Morgan fingerprint density at radius 3 is 1.80 bits per heavy atom. The van der Waals surface area contributed by atoms with Gasteiger partial charge in [0.1, 0.15) is 0 Å². The van der Waals surface area contributed by atoms with Crippen molar-refractivity contribution in [2.75, 3.05) is 6.26 Å². The molecule has 2 aliphatic carbocycles. The summed E-state index contributed by atoms with van der Waals surface area (Å²) < 4.78 is 25.9. The number of fused-ring (bicyclic) bond motifs is 1. The zero-order valence-electron chi connectivity index (χ0n) is 8.83. The fourth-order valence-corrected chi connectivity index (χ4v) is 2.30. The van der Waals surface area contributed by atoms with E-state index in [9.17, 15) is 13.5 Å². The maximum absolute atomic E-state index is 9.33. The van der Waals surface area contributed by atoms with Crippen LogP contribution in [-0.4, -0.2) is 30.4 Å². The third-order valence-electron chi connectivity index (χ3n) is 2.86. The molecule has 0 saturated heterocycles. The average molecular weight is 234 g/mol. The van der Waals surface area contributed by atoms with Gasteiger partial charge in [-0.05, 0) is 37.5 Å². The minimum Gasteiger partial charge on any atom is -0.393 e. The van der Waals surface area contributed by atoms with Gasteiger partial charge in [-0.1, -0.05) is 12.2 Å². The normalized spacial score (nSPS) is 34.2. The van der Waals surface area contributed by atoms with Crippen molar-refractivity contribution in [2.24, 2.45) is 11.8 Å². The van der Waals surface area contributed by atoms with Crippen molar-refractivity contribution in [2.45, 2.75) is 31.8 Å². The highest BCUT2D eigenvalue weighted by molar-refractivity contribution is 7.85. The molecule has 2 aliphatic rings. The third kappa shape index (κ3) is 5.30. The van der Waals surface area contributed by atoms with Gasteiger partial charge in [0, 0.05) is 0 Å². The van der Waals surface area contributed by atoms with Gasteiger partial charge in [-0.15, -0.1) is 0 Å². The van der Waals surface area contributed by atoms with Crippen molar-refractivity contribution in [3.8, 4) is 0 Å².